The Kier molecular flexibility index (Phi) is 5.58. The summed E-state index contributed by atoms with van der Waals surface area (Å²) in [6, 6.07) is 11.2. The minimum Gasteiger partial charge on any atom is -0.324 e. The number of carbonyl (C=O) groups is 2. The van der Waals surface area contributed by atoms with E-state index in [0.717, 1.165) is 17.3 Å². The normalized spacial score (nSPS) is 18.0. The standard InChI is InChI=1S/C18H15ClFN3O2S/c1-10-6-7-11(8-12(10)19)21-18-23-17(25)15(26-18)9-16(24)22-14-5-3-2-4-13(14)20/h2-8,15H,9H2,1H3,(H,22,24)(H,21,23,25). The van der Waals surface area contributed by atoms with Crippen LogP contribution in [-0.4, -0.2) is 22.2 Å². The van der Waals surface area contributed by atoms with Crippen molar-refractivity contribution in [1.82, 2.24) is 5.32 Å². The maximum absolute atomic E-state index is 13.6. The van der Waals surface area contributed by atoms with Gasteiger partial charge in [-0.15, -0.1) is 0 Å². The fraction of sp³-hybridized carbons (Fsp3) is 0.167. The molecular formula is C18H15ClFN3O2S. The molecule has 8 heteroatoms. The first kappa shape index (κ1) is 18.4. The summed E-state index contributed by atoms with van der Waals surface area (Å²) in [6.45, 7) is 1.88. The molecule has 1 fully saturated rings. The quantitative estimate of drug-likeness (QED) is 0.826. The largest absolute Gasteiger partial charge is 0.324 e. The number of amidine groups is 1. The molecule has 1 aliphatic rings. The van der Waals surface area contributed by atoms with Crippen LogP contribution in [-0.2, 0) is 9.59 Å². The van der Waals surface area contributed by atoms with Crippen LogP contribution < -0.4 is 10.6 Å². The highest BCUT2D eigenvalue weighted by Crippen LogP contribution is 2.28. The number of rotatable bonds is 4. The Morgan fingerprint density at radius 1 is 1.35 bits per heavy atom. The summed E-state index contributed by atoms with van der Waals surface area (Å²) in [5, 5.41) is 5.48. The smallest absolute Gasteiger partial charge is 0.240 e. The van der Waals surface area contributed by atoms with Gasteiger partial charge in [0.15, 0.2) is 5.17 Å². The van der Waals surface area contributed by atoms with Crippen molar-refractivity contribution in [2.45, 2.75) is 18.6 Å². The number of hydrogen-bond acceptors (Lipinski definition) is 4. The molecular weight excluding hydrogens is 377 g/mol. The lowest BCUT2D eigenvalue weighted by Crippen LogP contribution is -2.28. The van der Waals surface area contributed by atoms with Crippen molar-refractivity contribution >= 4 is 51.7 Å². The molecule has 2 aromatic carbocycles. The monoisotopic (exact) mass is 391 g/mol. The zero-order chi connectivity index (χ0) is 18.7. The highest BCUT2D eigenvalue weighted by molar-refractivity contribution is 8.15. The number of thioether (sulfide) groups is 1. The van der Waals surface area contributed by atoms with Crippen molar-refractivity contribution in [3.63, 3.8) is 0 Å². The number of aliphatic imine (C=N–C) groups is 1. The molecule has 2 N–H and O–H groups in total. The average Bonchev–Trinajstić information content (AvgIpc) is 2.92. The van der Waals surface area contributed by atoms with E-state index in [1.165, 1.54) is 18.2 Å². The van der Waals surface area contributed by atoms with Crippen molar-refractivity contribution < 1.29 is 14.0 Å². The summed E-state index contributed by atoms with van der Waals surface area (Å²) in [5.74, 6) is -1.28. The van der Waals surface area contributed by atoms with E-state index in [2.05, 4.69) is 15.6 Å². The lowest BCUT2D eigenvalue weighted by molar-refractivity contribution is -0.122. The molecule has 1 atom stereocenters. The fourth-order valence-corrected chi connectivity index (χ4v) is 3.46. The van der Waals surface area contributed by atoms with Crippen LogP contribution in [0.1, 0.15) is 12.0 Å². The number of hydrogen-bond donors (Lipinski definition) is 2. The van der Waals surface area contributed by atoms with Crippen molar-refractivity contribution in [3.8, 4) is 0 Å². The Morgan fingerprint density at radius 2 is 2.12 bits per heavy atom. The van der Waals surface area contributed by atoms with Crippen LogP contribution in [0.5, 0.6) is 0 Å². The SMILES string of the molecule is Cc1ccc(N=C2NC(=O)C(CC(=O)Nc3ccccc3F)S2)cc1Cl. The van der Waals surface area contributed by atoms with Crippen LogP contribution in [0.3, 0.4) is 0 Å². The molecule has 1 saturated heterocycles. The summed E-state index contributed by atoms with van der Waals surface area (Å²) in [6.07, 6.45) is -0.0848. The molecule has 2 aromatic rings. The number of nitrogens with zero attached hydrogens (tertiary/aromatic N) is 1. The van der Waals surface area contributed by atoms with E-state index in [4.69, 9.17) is 11.6 Å². The number of halogens is 2. The summed E-state index contributed by atoms with van der Waals surface area (Å²) < 4.78 is 13.6. The van der Waals surface area contributed by atoms with E-state index >= 15 is 0 Å². The van der Waals surface area contributed by atoms with Gasteiger partial charge in [-0.2, -0.15) is 0 Å². The molecule has 2 amide bonds. The molecule has 1 aliphatic heterocycles. The predicted molar refractivity (Wildman–Crippen MR) is 102 cm³/mol. The highest BCUT2D eigenvalue weighted by Gasteiger charge is 2.32. The first-order chi connectivity index (χ1) is 12.4. The first-order valence-electron chi connectivity index (χ1n) is 7.79. The summed E-state index contributed by atoms with van der Waals surface area (Å²) in [4.78, 5) is 28.5. The molecule has 0 aliphatic carbocycles. The van der Waals surface area contributed by atoms with Crippen LogP contribution in [0, 0.1) is 12.7 Å². The zero-order valence-corrected chi connectivity index (χ0v) is 15.3. The van der Waals surface area contributed by atoms with E-state index in [0.29, 0.717) is 15.9 Å². The molecule has 134 valence electrons. The number of carbonyl (C=O) groups excluding carboxylic acids is 2. The molecule has 1 heterocycles. The predicted octanol–water partition coefficient (Wildman–Crippen LogP) is 4.04. The van der Waals surface area contributed by atoms with Crippen molar-refractivity contribution in [2.24, 2.45) is 4.99 Å². The van der Waals surface area contributed by atoms with E-state index < -0.39 is 17.0 Å². The number of amides is 2. The van der Waals surface area contributed by atoms with Gasteiger partial charge in [0, 0.05) is 11.4 Å². The maximum atomic E-state index is 13.6. The van der Waals surface area contributed by atoms with Crippen LogP contribution >= 0.6 is 23.4 Å². The van der Waals surface area contributed by atoms with Gasteiger partial charge < -0.3 is 10.6 Å². The highest BCUT2D eigenvalue weighted by atomic mass is 35.5. The Bertz CT molecular complexity index is 904. The van der Waals surface area contributed by atoms with Gasteiger partial charge in [0.2, 0.25) is 11.8 Å². The molecule has 5 nitrogen and oxygen atoms in total. The van der Waals surface area contributed by atoms with E-state index in [9.17, 15) is 14.0 Å². The number of benzene rings is 2. The van der Waals surface area contributed by atoms with Crippen LogP contribution in [0.25, 0.3) is 0 Å². The third-order valence-corrected chi connectivity index (χ3v) is 5.17. The molecule has 0 radical (unpaired) electrons. The van der Waals surface area contributed by atoms with Crippen molar-refractivity contribution in [2.75, 3.05) is 5.32 Å². The second-order valence-electron chi connectivity index (χ2n) is 5.68. The lowest BCUT2D eigenvalue weighted by Gasteiger charge is -2.08. The molecule has 0 bridgehead atoms. The van der Waals surface area contributed by atoms with E-state index in [-0.39, 0.29) is 18.0 Å². The van der Waals surface area contributed by atoms with E-state index in [1.807, 2.05) is 13.0 Å². The third kappa shape index (κ3) is 4.42. The van der Waals surface area contributed by atoms with Gasteiger partial charge in [-0.3, -0.25) is 9.59 Å². The van der Waals surface area contributed by atoms with E-state index in [1.54, 1.807) is 18.2 Å². The number of aryl methyl sites for hydroxylation is 1. The molecule has 3 rings (SSSR count). The van der Waals surface area contributed by atoms with Gasteiger partial charge in [-0.1, -0.05) is 41.6 Å². The Labute approximate surface area is 159 Å². The van der Waals surface area contributed by atoms with Gasteiger partial charge in [-0.25, -0.2) is 9.38 Å². The topological polar surface area (TPSA) is 70.6 Å². The summed E-state index contributed by atoms with van der Waals surface area (Å²) in [7, 11) is 0. The minimum atomic E-state index is -0.624. The first-order valence-corrected chi connectivity index (χ1v) is 9.05. The van der Waals surface area contributed by atoms with Crippen molar-refractivity contribution in [1.29, 1.82) is 0 Å². The lowest BCUT2D eigenvalue weighted by atomic mass is 10.2. The molecule has 26 heavy (non-hydrogen) atoms. The Morgan fingerprint density at radius 3 is 2.85 bits per heavy atom. The van der Waals surface area contributed by atoms with Gasteiger partial charge in [0.05, 0.1) is 11.4 Å². The van der Waals surface area contributed by atoms with Gasteiger partial charge in [-0.05, 0) is 36.8 Å². The Hall–Kier alpha value is -2.38. The summed E-state index contributed by atoms with van der Waals surface area (Å²) >= 11 is 7.23. The fourth-order valence-electron chi connectivity index (χ4n) is 2.29. The number of nitrogens with one attached hydrogen (secondary N) is 2. The number of anilines is 1. The maximum Gasteiger partial charge on any atom is 0.240 e. The minimum absolute atomic E-state index is 0.0848. The molecule has 1 unspecified atom stereocenters. The van der Waals surface area contributed by atoms with Crippen LogP contribution in [0.2, 0.25) is 5.02 Å². The molecule has 0 saturated carbocycles. The Balaban J connectivity index is 1.64. The zero-order valence-electron chi connectivity index (χ0n) is 13.8. The van der Waals surface area contributed by atoms with Crippen LogP contribution in [0.4, 0.5) is 15.8 Å². The van der Waals surface area contributed by atoms with Gasteiger partial charge in [0.25, 0.3) is 0 Å². The third-order valence-electron chi connectivity index (χ3n) is 3.68. The second kappa shape index (κ2) is 7.88. The molecule has 0 aromatic heterocycles. The van der Waals surface area contributed by atoms with Crippen molar-refractivity contribution in [3.05, 3.63) is 58.9 Å². The summed E-state index contributed by atoms with van der Waals surface area (Å²) in [5.41, 5.74) is 1.63. The molecule has 0 spiro atoms. The van der Waals surface area contributed by atoms with Crippen LogP contribution in [0.15, 0.2) is 47.5 Å². The second-order valence-corrected chi connectivity index (χ2v) is 7.28. The van der Waals surface area contributed by atoms with Gasteiger partial charge >= 0.3 is 0 Å². The average molecular weight is 392 g/mol. The van der Waals surface area contributed by atoms with Gasteiger partial charge in [0.1, 0.15) is 11.1 Å². The number of para-hydroxylation sites is 1.